The first-order chi connectivity index (χ1) is 17.8. The summed E-state index contributed by atoms with van der Waals surface area (Å²) < 4.78 is 16.7. The Morgan fingerprint density at radius 2 is 1.59 bits per heavy atom. The van der Waals surface area contributed by atoms with E-state index in [9.17, 15) is 5.11 Å². The Hall–Kier alpha value is -3.89. The van der Waals surface area contributed by atoms with Gasteiger partial charge in [0.2, 0.25) is 5.75 Å². The number of benzene rings is 2. The lowest BCUT2D eigenvalue weighted by Crippen LogP contribution is -2.43. The summed E-state index contributed by atoms with van der Waals surface area (Å²) in [5, 5.41) is 27.1. The van der Waals surface area contributed by atoms with E-state index in [1.807, 2.05) is 48.7 Å². The second-order valence-electron chi connectivity index (χ2n) is 8.59. The molecule has 0 saturated carbocycles. The van der Waals surface area contributed by atoms with Crippen molar-refractivity contribution in [3.8, 4) is 17.2 Å². The lowest BCUT2D eigenvalue weighted by molar-refractivity contribution is -0.159. The van der Waals surface area contributed by atoms with Crippen LogP contribution >= 0.6 is 0 Å². The Kier molecular flexibility index (Phi) is 9.64. The quantitative estimate of drug-likeness (QED) is 0.305. The van der Waals surface area contributed by atoms with Gasteiger partial charge in [0.1, 0.15) is 0 Å². The third-order valence-corrected chi connectivity index (χ3v) is 6.24. The summed E-state index contributed by atoms with van der Waals surface area (Å²) in [4.78, 5) is 25.1. The summed E-state index contributed by atoms with van der Waals surface area (Å²) in [7, 11) is 3.25. The number of carboxylic acid groups (broad SMARTS) is 2. The minimum Gasteiger partial charge on any atom is -0.493 e. The molecule has 1 aliphatic rings. The zero-order valence-electron chi connectivity index (χ0n) is 20.9. The van der Waals surface area contributed by atoms with Crippen molar-refractivity contribution in [2.24, 2.45) is 0 Å². The number of para-hydroxylation sites is 2. The molecule has 10 nitrogen and oxygen atoms in total. The van der Waals surface area contributed by atoms with Crippen LogP contribution in [0.1, 0.15) is 24.8 Å². The van der Waals surface area contributed by atoms with Crippen LogP contribution in [0.2, 0.25) is 0 Å². The van der Waals surface area contributed by atoms with Gasteiger partial charge in [-0.3, -0.25) is 4.98 Å². The standard InChI is InChI=1S/C25H30N2O4.C2H2O4/c1-29-22-9-5-10-23(30-2)24(22)31-16-6-13-27-14-11-25(28,12-15-27)20-17-19-7-3-4-8-21(19)26-18-20;3-1(4)2(5)6/h3-5,7-10,17-18,28H,6,11-16H2,1-2H3;(H,3,4)(H,5,6). The third kappa shape index (κ3) is 7.31. The fourth-order valence-corrected chi connectivity index (χ4v) is 4.18. The molecule has 10 heteroatoms. The zero-order chi connectivity index (χ0) is 26.8. The highest BCUT2D eigenvalue weighted by Gasteiger charge is 2.34. The molecule has 1 aromatic heterocycles. The molecule has 2 aromatic carbocycles. The highest BCUT2D eigenvalue weighted by molar-refractivity contribution is 6.27. The number of aliphatic hydroxyl groups is 1. The van der Waals surface area contributed by atoms with E-state index < -0.39 is 17.5 Å². The number of nitrogens with zero attached hydrogens (tertiary/aromatic N) is 2. The number of piperidine rings is 1. The van der Waals surface area contributed by atoms with Gasteiger partial charge in [0.15, 0.2) is 11.5 Å². The van der Waals surface area contributed by atoms with Crippen LogP contribution in [0, 0.1) is 0 Å². The zero-order valence-corrected chi connectivity index (χ0v) is 20.9. The van der Waals surface area contributed by atoms with Crippen LogP contribution < -0.4 is 14.2 Å². The third-order valence-electron chi connectivity index (χ3n) is 6.24. The van der Waals surface area contributed by atoms with Gasteiger partial charge >= 0.3 is 11.9 Å². The van der Waals surface area contributed by atoms with Gasteiger partial charge in [-0.1, -0.05) is 24.3 Å². The number of pyridine rings is 1. The number of methoxy groups -OCH3 is 2. The van der Waals surface area contributed by atoms with E-state index in [1.54, 1.807) is 14.2 Å². The smallest absolute Gasteiger partial charge is 0.414 e. The summed E-state index contributed by atoms with van der Waals surface area (Å²) in [6, 6.07) is 15.7. The number of carboxylic acids is 2. The van der Waals surface area contributed by atoms with Crippen molar-refractivity contribution < 1.29 is 39.1 Å². The molecule has 1 fully saturated rings. The first kappa shape index (κ1) is 27.7. The van der Waals surface area contributed by atoms with Gasteiger partial charge in [0.25, 0.3) is 0 Å². The van der Waals surface area contributed by atoms with E-state index in [-0.39, 0.29) is 0 Å². The fraction of sp³-hybridized carbons (Fsp3) is 0.370. The minimum atomic E-state index is -1.82. The van der Waals surface area contributed by atoms with E-state index in [0.29, 0.717) is 36.7 Å². The van der Waals surface area contributed by atoms with E-state index >= 15 is 0 Å². The van der Waals surface area contributed by atoms with Gasteiger partial charge in [0, 0.05) is 36.8 Å². The van der Waals surface area contributed by atoms with Crippen LogP contribution in [0.3, 0.4) is 0 Å². The maximum atomic E-state index is 11.2. The minimum absolute atomic E-state index is 0.575. The van der Waals surface area contributed by atoms with Crippen molar-refractivity contribution >= 4 is 22.8 Å². The molecule has 1 aliphatic heterocycles. The Balaban J connectivity index is 0.000000568. The molecule has 0 unspecified atom stereocenters. The molecule has 0 radical (unpaired) electrons. The summed E-state index contributed by atoms with van der Waals surface area (Å²) in [6.07, 6.45) is 4.12. The molecule has 3 N–H and O–H groups in total. The molecule has 0 amide bonds. The average Bonchev–Trinajstić information content (AvgIpc) is 2.92. The second-order valence-corrected chi connectivity index (χ2v) is 8.59. The topological polar surface area (TPSA) is 139 Å². The van der Waals surface area contributed by atoms with Gasteiger partial charge in [-0.15, -0.1) is 0 Å². The maximum absolute atomic E-state index is 11.2. The summed E-state index contributed by atoms with van der Waals surface area (Å²) in [5.41, 5.74) is 1.06. The lowest BCUT2D eigenvalue weighted by atomic mass is 9.85. The molecule has 4 rings (SSSR count). The average molecular weight is 513 g/mol. The first-order valence-corrected chi connectivity index (χ1v) is 11.9. The molecular weight excluding hydrogens is 480 g/mol. The van der Waals surface area contributed by atoms with Crippen molar-refractivity contribution in [1.82, 2.24) is 9.88 Å². The summed E-state index contributed by atoms with van der Waals surface area (Å²) >= 11 is 0. The number of hydrogen-bond donors (Lipinski definition) is 3. The van der Waals surface area contributed by atoms with E-state index in [4.69, 9.17) is 34.0 Å². The van der Waals surface area contributed by atoms with Crippen molar-refractivity contribution in [2.45, 2.75) is 24.9 Å². The molecule has 0 bridgehead atoms. The van der Waals surface area contributed by atoms with E-state index in [1.165, 1.54) is 0 Å². The lowest BCUT2D eigenvalue weighted by Gasteiger charge is -2.38. The van der Waals surface area contributed by atoms with Crippen LogP contribution in [-0.2, 0) is 15.2 Å². The van der Waals surface area contributed by atoms with E-state index in [2.05, 4.69) is 16.0 Å². The SMILES string of the molecule is COc1cccc(OC)c1OCCCN1CCC(O)(c2cnc3ccccc3c2)CC1.O=C(O)C(=O)O. The van der Waals surface area contributed by atoms with Gasteiger partial charge in [0.05, 0.1) is 31.9 Å². The van der Waals surface area contributed by atoms with Crippen molar-refractivity contribution in [1.29, 1.82) is 0 Å². The Labute approximate surface area is 215 Å². The number of likely N-dealkylation sites (tertiary alicyclic amines) is 1. The molecule has 0 spiro atoms. The molecule has 37 heavy (non-hydrogen) atoms. The van der Waals surface area contributed by atoms with Crippen molar-refractivity contribution in [3.05, 3.63) is 60.3 Å². The van der Waals surface area contributed by atoms with Crippen molar-refractivity contribution in [2.75, 3.05) is 40.5 Å². The summed E-state index contributed by atoms with van der Waals surface area (Å²) in [5.74, 6) is -1.66. The van der Waals surface area contributed by atoms with Crippen LogP contribution in [-0.4, -0.2) is 77.6 Å². The molecular formula is C27H32N2O8. The number of ether oxygens (including phenoxy) is 3. The van der Waals surface area contributed by atoms with Crippen LogP contribution in [0.5, 0.6) is 17.2 Å². The highest BCUT2D eigenvalue weighted by Crippen LogP contribution is 2.37. The van der Waals surface area contributed by atoms with Gasteiger partial charge < -0.3 is 34.4 Å². The molecule has 0 atom stereocenters. The monoisotopic (exact) mass is 512 g/mol. The van der Waals surface area contributed by atoms with Crippen molar-refractivity contribution in [3.63, 3.8) is 0 Å². The molecule has 1 saturated heterocycles. The highest BCUT2D eigenvalue weighted by atomic mass is 16.5. The van der Waals surface area contributed by atoms with E-state index in [0.717, 1.165) is 42.5 Å². The maximum Gasteiger partial charge on any atom is 0.414 e. The number of hydrogen-bond acceptors (Lipinski definition) is 8. The molecule has 198 valence electrons. The number of aromatic nitrogens is 1. The van der Waals surface area contributed by atoms with Gasteiger partial charge in [-0.2, -0.15) is 0 Å². The largest absolute Gasteiger partial charge is 0.493 e. The predicted octanol–water partition coefficient (Wildman–Crippen LogP) is 3.16. The van der Waals surface area contributed by atoms with Crippen LogP contribution in [0.25, 0.3) is 10.9 Å². The number of carbonyl (C=O) groups is 2. The normalized spacial score (nSPS) is 14.8. The van der Waals surface area contributed by atoms with Gasteiger partial charge in [-0.25, -0.2) is 9.59 Å². The molecule has 3 aromatic rings. The van der Waals surface area contributed by atoms with Gasteiger partial charge in [-0.05, 0) is 43.5 Å². The molecule has 0 aliphatic carbocycles. The predicted molar refractivity (Wildman–Crippen MR) is 136 cm³/mol. The van der Waals surface area contributed by atoms with Crippen LogP contribution in [0.4, 0.5) is 0 Å². The Morgan fingerprint density at radius 3 is 2.19 bits per heavy atom. The second kappa shape index (κ2) is 12.9. The first-order valence-electron chi connectivity index (χ1n) is 11.9. The number of rotatable bonds is 8. The van der Waals surface area contributed by atoms with Crippen LogP contribution in [0.15, 0.2) is 54.7 Å². The Morgan fingerprint density at radius 1 is 0.973 bits per heavy atom. The summed E-state index contributed by atoms with van der Waals surface area (Å²) in [6.45, 7) is 3.19. The fourth-order valence-electron chi connectivity index (χ4n) is 4.18. The number of aliphatic carboxylic acids is 2. The Bertz CT molecular complexity index is 1170. The number of fused-ring (bicyclic) bond motifs is 1. The molecule has 2 heterocycles.